The molecule has 0 aliphatic rings. The summed E-state index contributed by atoms with van der Waals surface area (Å²) in [6.07, 6.45) is 0.991. The summed E-state index contributed by atoms with van der Waals surface area (Å²) in [5, 5.41) is 0. The summed E-state index contributed by atoms with van der Waals surface area (Å²) in [7, 11) is 1.41. The van der Waals surface area contributed by atoms with Crippen molar-refractivity contribution in [1.82, 2.24) is 0 Å². The van der Waals surface area contributed by atoms with Gasteiger partial charge in [-0.15, -0.1) is 11.3 Å². The first-order valence-electron chi connectivity index (χ1n) is 7.91. The van der Waals surface area contributed by atoms with Crippen LogP contribution in [0.25, 0.3) is 0 Å². The highest BCUT2D eigenvalue weighted by Gasteiger charge is 2.24. The number of methoxy groups -OCH3 is 1. The molecule has 0 amide bonds. The lowest BCUT2D eigenvalue weighted by Crippen LogP contribution is -2.20. The van der Waals surface area contributed by atoms with Gasteiger partial charge in [0, 0.05) is 9.75 Å². The van der Waals surface area contributed by atoms with Crippen LogP contribution >= 0.6 is 11.3 Å². The number of rotatable bonds is 4. The van der Waals surface area contributed by atoms with Crippen LogP contribution in [0, 0.1) is 0 Å². The molecule has 0 radical (unpaired) electrons. The van der Waals surface area contributed by atoms with Gasteiger partial charge in [0.2, 0.25) is 0 Å². The van der Waals surface area contributed by atoms with Crippen LogP contribution in [-0.2, 0) is 22.0 Å². The summed E-state index contributed by atoms with van der Waals surface area (Å²) in [6, 6.07) is 12.2. The molecule has 2 rings (SSSR count). The Morgan fingerprint density at radius 2 is 1.61 bits per heavy atom. The molecule has 0 aliphatic carbocycles. The molecule has 0 saturated heterocycles. The first kappa shape index (κ1) is 17.7. The summed E-state index contributed by atoms with van der Waals surface area (Å²) in [5.41, 5.74) is 2.05. The van der Waals surface area contributed by atoms with Gasteiger partial charge in [-0.1, -0.05) is 46.8 Å². The summed E-state index contributed by atoms with van der Waals surface area (Å²) in [4.78, 5) is 14.4. The second kappa shape index (κ2) is 6.48. The first-order valence-corrected chi connectivity index (χ1v) is 8.73. The average Bonchev–Trinajstić information content (AvgIpc) is 2.94. The third-order valence-corrected chi connectivity index (χ3v) is 5.62. The molecule has 2 nitrogen and oxygen atoms in total. The number of ether oxygens (including phenoxy) is 1. The minimum atomic E-state index is -0.289. The minimum absolute atomic E-state index is 0.0225. The van der Waals surface area contributed by atoms with Gasteiger partial charge in [0.15, 0.2) is 0 Å². The van der Waals surface area contributed by atoms with E-state index in [9.17, 15) is 4.79 Å². The SMILES string of the molecule is COC(=O)c1ccc(C(C)(C)Cc2ccc(C(C)(C)C)s2)cc1. The first-order chi connectivity index (χ1) is 10.6. The Kier molecular flexibility index (Phi) is 5.00. The molecule has 0 unspecified atom stereocenters. The highest BCUT2D eigenvalue weighted by atomic mass is 32.1. The van der Waals surface area contributed by atoms with E-state index in [2.05, 4.69) is 46.8 Å². The molecule has 0 bridgehead atoms. The maximum Gasteiger partial charge on any atom is 0.337 e. The molecule has 124 valence electrons. The van der Waals surface area contributed by atoms with Crippen molar-refractivity contribution in [3.05, 3.63) is 57.3 Å². The molecule has 0 aliphatic heterocycles. The van der Waals surface area contributed by atoms with Crippen LogP contribution in [0.15, 0.2) is 36.4 Å². The summed E-state index contributed by atoms with van der Waals surface area (Å²) in [6.45, 7) is 11.2. The van der Waals surface area contributed by atoms with Crippen LogP contribution in [-0.4, -0.2) is 13.1 Å². The quantitative estimate of drug-likeness (QED) is 0.706. The zero-order valence-electron chi connectivity index (χ0n) is 14.9. The number of carbonyl (C=O) groups is 1. The molecule has 1 heterocycles. The number of carbonyl (C=O) groups excluding carboxylic acids is 1. The topological polar surface area (TPSA) is 26.3 Å². The Hall–Kier alpha value is -1.61. The third kappa shape index (κ3) is 4.23. The predicted molar refractivity (Wildman–Crippen MR) is 97.5 cm³/mol. The lowest BCUT2D eigenvalue weighted by atomic mass is 9.81. The van der Waals surface area contributed by atoms with Crippen LogP contribution < -0.4 is 0 Å². The van der Waals surface area contributed by atoms with Crippen molar-refractivity contribution in [2.75, 3.05) is 7.11 Å². The van der Waals surface area contributed by atoms with Gasteiger partial charge in [-0.05, 0) is 47.1 Å². The van der Waals surface area contributed by atoms with Gasteiger partial charge in [0.1, 0.15) is 0 Å². The van der Waals surface area contributed by atoms with Gasteiger partial charge in [-0.3, -0.25) is 0 Å². The molecule has 0 N–H and O–H groups in total. The third-order valence-electron chi connectivity index (χ3n) is 4.10. The molecule has 2 aromatic rings. The number of hydrogen-bond donors (Lipinski definition) is 0. The van der Waals surface area contributed by atoms with Crippen LogP contribution in [0.1, 0.15) is 60.3 Å². The largest absolute Gasteiger partial charge is 0.465 e. The maximum absolute atomic E-state index is 11.5. The van der Waals surface area contributed by atoms with E-state index in [1.165, 1.54) is 22.4 Å². The summed E-state index contributed by atoms with van der Waals surface area (Å²) >= 11 is 1.90. The number of benzene rings is 1. The molecule has 0 saturated carbocycles. The zero-order valence-corrected chi connectivity index (χ0v) is 15.7. The molecule has 0 fully saturated rings. The van der Waals surface area contributed by atoms with Gasteiger partial charge < -0.3 is 4.74 Å². The molecular formula is C20H26O2S. The van der Waals surface area contributed by atoms with Gasteiger partial charge >= 0.3 is 5.97 Å². The van der Waals surface area contributed by atoms with Crippen molar-refractivity contribution in [3.8, 4) is 0 Å². The molecule has 0 spiro atoms. The van der Waals surface area contributed by atoms with Crippen molar-refractivity contribution in [3.63, 3.8) is 0 Å². The van der Waals surface area contributed by atoms with E-state index in [4.69, 9.17) is 4.74 Å². The maximum atomic E-state index is 11.5. The average molecular weight is 330 g/mol. The molecular weight excluding hydrogens is 304 g/mol. The molecule has 0 atom stereocenters. The van der Waals surface area contributed by atoms with E-state index in [-0.39, 0.29) is 16.8 Å². The Balaban J connectivity index is 2.18. The molecule has 1 aromatic heterocycles. The van der Waals surface area contributed by atoms with E-state index in [1.807, 2.05) is 35.6 Å². The second-order valence-corrected chi connectivity index (χ2v) is 8.81. The van der Waals surface area contributed by atoms with Gasteiger partial charge in [0.05, 0.1) is 12.7 Å². The molecule has 1 aromatic carbocycles. The second-order valence-electron chi connectivity index (χ2n) is 7.65. The van der Waals surface area contributed by atoms with Crippen molar-refractivity contribution in [1.29, 1.82) is 0 Å². The van der Waals surface area contributed by atoms with E-state index in [1.54, 1.807) is 0 Å². The van der Waals surface area contributed by atoms with Crippen LogP contribution in [0.4, 0.5) is 0 Å². The van der Waals surface area contributed by atoms with E-state index in [0.717, 1.165) is 6.42 Å². The van der Waals surface area contributed by atoms with Crippen LogP contribution in [0.5, 0.6) is 0 Å². The standard InChI is InChI=1S/C20H26O2S/c1-19(2,3)17-12-11-16(23-17)13-20(4,5)15-9-7-14(8-10-15)18(21)22-6/h7-12H,13H2,1-6H3. The monoisotopic (exact) mass is 330 g/mol. The van der Waals surface area contributed by atoms with Crippen molar-refractivity contribution in [2.24, 2.45) is 0 Å². The highest BCUT2D eigenvalue weighted by molar-refractivity contribution is 7.12. The predicted octanol–water partition coefficient (Wildman–Crippen LogP) is 5.35. The Morgan fingerprint density at radius 1 is 1.00 bits per heavy atom. The van der Waals surface area contributed by atoms with Crippen LogP contribution in [0.2, 0.25) is 0 Å². The smallest absolute Gasteiger partial charge is 0.337 e. The van der Waals surface area contributed by atoms with Gasteiger partial charge in [-0.25, -0.2) is 4.79 Å². The summed E-state index contributed by atoms with van der Waals surface area (Å²) in [5.74, 6) is -0.289. The molecule has 23 heavy (non-hydrogen) atoms. The Morgan fingerprint density at radius 3 is 2.09 bits per heavy atom. The number of hydrogen-bond acceptors (Lipinski definition) is 3. The number of esters is 1. The molecule has 3 heteroatoms. The van der Waals surface area contributed by atoms with Crippen molar-refractivity contribution >= 4 is 17.3 Å². The number of thiophene rings is 1. The van der Waals surface area contributed by atoms with Crippen LogP contribution in [0.3, 0.4) is 0 Å². The van der Waals surface area contributed by atoms with Gasteiger partial charge in [0.25, 0.3) is 0 Å². The Labute approximate surface area is 143 Å². The Bertz CT molecular complexity index is 672. The normalized spacial score (nSPS) is 12.3. The zero-order chi connectivity index (χ0) is 17.3. The van der Waals surface area contributed by atoms with Gasteiger partial charge in [-0.2, -0.15) is 0 Å². The van der Waals surface area contributed by atoms with E-state index in [0.29, 0.717) is 5.56 Å². The lowest BCUT2D eigenvalue weighted by Gasteiger charge is -2.25. The fourth-order valence-electron chi connectivity index (χ4n) is 2.59. The van der Waals surface area contributed by atoms with E-state index < -0.39 is 0 Å². The van der Waals surface area contributed by atoms with E-state index >= 15 is 0 Å². The minimum Gasteiger partial charge on any atom is -0.465 e. The summed E-state index contributed by atoms with van der Waals surface area (Å²) < 4.78 is 4.75. The van der Waals surface area contributed by atoms with Crippen molar-refractivity contribution < 1.29 is 9.53 Å². The highest BCUT2D eigenvalue weighted by Crippen LogP contribution is 2.34. The fourth-order valence-corrected chi connectivity index (χ4v) is 3.88. The lowest BCUT2D eigenvalue weighted by molar-refractivity contribution is 0.0600. The fraction of sp³-hybridized carbons (Fsp3) is 0.450. The van der Waals surface area contributed by atoms with Crippen molar-refractivity contribution in [2.45, 2.75) is 51.9 Å².